The summed E-state index contributed by atoms with van der Waals surface area (Å²) in [6, 6.07) is 9.94. The summed E-state index contributed by atoms with van der Waals surface area (Å²) in [7, 11) is 0. The molecule has 2 aliphatic heterocycles. The Balaban J connectivity index is 1.03. The first-order valence-corrected chi connectivity index (χ1v) is 13.8. The first-order valence-electron chi connectivity index (χ1n) is 13.0. The van der Waals surface area contributed by atoms with Gasteiger partial charge in [-0.15, -0.1) is 28.5 Å². The third kappa shape index (κ3) is 8.22. The molecule has 0 bridgehead atoms. The van der Waals surface area contributed by atoms with Crippen LogP contribution in [-0.2, 0) is 11.3 Å². The van der Waals surface area contributed by atoms with Crippen molar-refractivity contribution in [3.8, 4) is 5.75 Å². The van der Waals surface area contributed by atoms with Crippen LogP contribution in [0.4, 0.5) is 29.3 Å². The summed E-state index contributed by atoms with van der Waals surface area (Å²) < 4.78 is 41.0. The molecule has 0 unspecified atom stereocenters. The van der Waals surface area contributed by atoms with Crippen LogP contribution in [0.5, 0.6) is 5.75 Å². The number of rotatable bonds is 9. The average Bonchev–Trinajstić information content (AvgIpc) is 3.51. The zero-order chi connectivity index (χ0) is 28.0. The lowest BCUT2D eigenvalue weighted by Gasteiger charge is -2.21. The molecular formula is C25H30F3N9O2S. The van der Waals surface area contributed by atoms with Crippen LogP contribution in [0.25, 0.3) is 0 Å². The molecule has 4 heterocycles. The normalized spacial score (nSPS) is 18.9. The van der Waals surface area contributed by atoms with E-state index in [1.807, 2.05) is 12.1 Å². The monoisotopic (exact) mass is 577 g/mol. The van der Waals surface area contributed by atoms with Gasteiger partial charge in [0.1, 0.15) is 5.75 Å². The van der Waals surface area contributed by atoms with Crippen LogP contribution >= 0.6 is 11.3 Å². The quantitative estimate of drug-likeness (QED) is 0.394. The summed E-state index contributed by atoms with van der Waals surface area (Å²) in [5.41, 5.74) is 0.903. The number of amides is 1. The van der Waals surface area contributed by atoms with E-state index in [-0.39, 0.29) is 24.2 Å². The van der Waals surface area contributed by atoms with Crippen LogP contribution in [0.1, 0.15) is 18.4 Å². The second-order valence-corrected chi connectivity index (χ2v) is 10.7. The SMILES string of the molecule is O=C(CN1CCCN(Cc2ccc(OC(F)(F)F)cc2)CC1)Nc1nnc(N[C@@H]2CCN(c3cccnn3)C2)s1. The number of hydrogen-bond donors (Lipinski definition) is 2. The lowest BCUT2D eigenvalue weighted by molar-refractivity contribution is -0.274. The lowest BCUT2D eigenvalue weighted by atomic mass is 10.2. The highest BCUT2D eigenvalue weighted by atomic mass is 32.1. The van der Waals surface area contributed by atoms with Gasteiger partial charge in [-0.2, -0.15) is 5.10 Å². The van der Waals surface area contributed by atoms with E-state index in [1.54, 1.807) is 18.3 Å². The predicted octanol–water partition coefficient (Wildman–Crippen LogP) is 3.06. The summed E-state index contributed by atoms with van der Waals surface area (Å²) in [5, 5.41) is 23.7. The first kappa shape index (κ1) is 28.0. The molecule has 1 atom stereocenters. The first-order chi connectivity index (χ1) is 19.3. The van der Waals surface area contributed by atoms with Gasteiger partial charge in [-0.1, -0.05) is 23.5 Å². The molecule has 2 fully saturated rings. The number of benzene rings is 1. The summed E-state index contributed by atoms with van der Waals surface area (Å²) in [5.74, 6) is 0.472. The van der Waals surface area contributed by atoms with Gasteiger partial charge in [0, 0.05) is 45.0 Å². The molecule has 1 aromatic carbocycles. The summed E-state index contributed by atoms with van der Waals surface area (Å²) in [6.45, 7) is 5.57. The number of aromatic nitrogens is 4. The van der Waals surface area contributed by atoms with Crippen LogP contribution in [-0.4, -0.2) is 94.3 Å². The van der Waals surface area contributed by atoms with Gasteiger partial charge in [0.2, 0.25) is 16.2 Å². The molecule has 2 N–H and O–H groups in total. The van der Waals surface area contributed by atoms with E-state index in [0.717, 1.165) is 56.9 Å². The molecular weight excluding hydrogens is 547 g/mol. The maximum Gasteiger partial charge on any atom is 0.573 e. The molecule has 2 aromatic heterocycles. The molecule has 3 aromatic rings. The Morgan fingerprint density at radius 3 is 2.55 bits per heavy atom. The Kier molecular flexibility index (Phi) is 8.91. The molecule has 1 amide bonds. The van der Waals surface area contributed by atoms with Crippen molar-refractivity contribution < 1.29 is 22.7 Å². The fourth-order valence-electron chi connectivity index (χ4n) is 4.81. The van der Waals surface area contributed by atoms with Crippen molar-refractivity contribution >= 4 is 33.3 Å². The summed E-state index contributed by atoms with van der Waals surface area (Å²) in [4.78, 5) is 19.2. The minimum atomic E-state index is -4.70. The Labute approximate surface area is 233 Å². The molecule has 11 nitrogen and oxygen atoms in total. The number of carbonyl (C=O) groups is 1. The minimum Gasteiger partial charge on any atom is -0.406 e. The molecule has 0 spiro atoms. The van der Waals surface area contributed by atoms with Gasteiger partial charge >= 0.3 is 6.36 Å². The largest absolute Gasteiger partial charge is 0.573 e. The highest BCUT2D eigenvalue weighted by molar-refractivity contribution is 7.19. The van der Waals surface area contributed by atoms with Crippen LogP contribution in [0, 0.1) is 0 Å². The number of halogens is 3. The lowest BCUT2D eigenvalue weighted by Crippen LogP contribution is -2.36. The second kappa shape index (κ2) is 12.7. The van der Waals surface area contributed by atoms with E-state index < -0.39 is 6.36 Å². The van der Waals surface area contributed by atoms with Gasteiger partial charge in [-0.3, -0.25) is 19.9 Å². The van der Waals surface area contributed by atoms with E-state index in [0.29, 0.717) is 23.4 Å². The van der Waals surface area contributed by atoms with Crippen LogP contribution in [0.3, 0.4) is 0 Å². The van der Waals surface area contributed by atoms with Crippen molar-refractivity contribution in [1.29, 1.82) is 0 Å². The molecule has 214 valence electrons. The van der Waals surface area contributed by atoms with Crippen molar-refractivity contribution in [2.45, 2.75) is 31.8 Å². The predicted molar refractivity (Wildman–Crippen MR) is 144 cm³/mol. The van der Waals surface area contributed by atoms with Gasteiger partial charge < -0.3 is 15.0 Å². The third-order valence-corrected chi connectivity index (χ3v) is 7.45. The van der Waals surface area contributed by atoms with Crippen LogP contribution < -0.4 is 20.3 Å². The second-order valence-electron chi connectivity index (χ2n) is 9.72. The van der Waals surface area contributed by atoms with Crippen molar-refractivity contribution in [1.82, 2.24) is 30.2 Å². The molecule has 5 rings (SSSR count). The van der Waals surface area contributed by atoms with Crippen LogP contribution in [0.2, 0.25) is 0 Å². The van der Waals surface area contributed by atoms with Crippen molar-refractivity contribution in [2.75, 3.05) is 61.3 Å². The maximum absolute atomic E-state index is 12.7. The van der Waals surface area contributed by atoms with E-state index >= 15 is 0 Å². The number of carbonyl (C=O) groups excluding carboxylic acids is 1. The number of ether oxygens (including phenoxy) is 1. The summed E-state index contributed by atoms with van der Waals surface area (Å²) in [6.07, 6.45) is -1.24. The van der Waals surface area contributed by atoms with Gasteiger partial charge in [0.05, 0.1) is 6.54 Å². The standard InChI is InChI=1S/C25H30F3N9O2S/c26-25(27,28)39-20-6-4-18(5-7-20)15-35-10-2-11-36(14-13-35)17-22(38)31-24-34-33-23(40-24)30-19-8-12-37(16-19)21-3-1-9-29-32-21/h1,3-7,9,19H,2,8,10-17H2,(H,30,33)(H,31,34,38)/t19-/m1/s1. The zero-order valence-electron chi connectivity index (χ0n) is 21.7. The van der Waals surface area contributed by atoms with Crippen molar-refractivity contribution in [3.63, 3.8) is 0 Å². The maximum atomic E-state index is 12.7. The molecule has 2 aliphatic rings. The number of alkyl halides is 3. The number of nitrogens with zero attached hydrogens (tertiary/aromatic N) is 7. The van der Waals surface area contributed by atoms with E-state index in [9.17, 15) is 18.0 Å². The minimum absolute atomic E-state index is 0.147. The Hall–Kier alpha value is -3.56. The highest BCUT2D eigenvalue weighted by Crippen LogP contribution is 2.25. The molecule has 15 heteroatoms. The number of hydrogen-bond acceptors (Lipinski definition) is 11. The third-order valence-electron chi connectivity index (χ3n) is 6.68. The Morgan fingerprint density at radius 2 is 1.77 bits per heavy atom. The summed E-state index contributed by atoms with van der Waals surface area (Å²) >= 11 is 1.31. The molecule has 0 saturated carbocycles. The molecule has 0 radical (unpaired) electrons. The molecule has 40 heavy (non-hydrogen) atoms. The fourth-order valence-corrected chi connectivity index (χ4v) is 5.55. The Morgan fingerprint density at radius 1 is 1.00 bits per heavy atom. The Bertz CT molecular complexity index is 1250. The fraction of sp³-hybridized carbons (Fsp3) is 0.480. The van der Waals surface area contributed by atoms with Gasteiger partial charge in [-0.05, 0) is 55.8 Å². The van der Waals surface area contributed by atoms with Crippen molar-refractivity contribution in [2.24, 2.45) is 0 Å². The van der Waals surface area contributed by atoms with E-state index in [4.69, 9.17) is 0 Å². The smallest absolute Gasteiger partial charge is 0.406 e. The molecule has 2 saturated heterocycles. The highest BCUT2D eigenvalue weighted by Gasteiger charge is 2.31. The van der Waals surface area contributed by atoms with Crippen molar-refractivity contribution in [3.05, 3.63) is 48.2 Å². The van der Waals surface area contributed by atoms with E-state index in [2.05, 4.69) is 50.5 Å². The number of nitrogens with one attached hydrogen (secondary N) is 2. The van der Waals surface area contributed by atoms with Gasteiger partial charge in [-0.25, -0.2) is 0 Å². The number of anilines is 3. The van der Waals surface area contributed by atoms with Gasteiger partial charge in [0.15, 0.2) is 5.82 Å². The zero-order valence-corrected chi connectivity index (χ0v) is 22.5. The van der Waals surface area contributed by atoms with Gasteiger partial charge in [0.25, 0.3) is 0 Å². The van der Waals surface area contributed by atoms with Crippen LogP contribution in [0.15, 0.2) is 42.6 Å². The van der Waals surface area contributed by atoms with E-state index in [1.165, 1.54) is 23.5 Å². The average molecular weight is 578 g/mol. The molecule has 0 aliphatic carbocycles. The topological polar surface area (TPSA) is 112 Å².